The predicted octanol–water partition coefficient (Wildman–Crippen LogP) is 0.586. The van der Waals surface area contributed by atoms with E-state index in [2.05, 4.69) is 5.32 Å². The van der Waals surface area contributed by atoms with Gasteiger partial charge in [0.25, 0.3) is 5.69 Å². The second-order valence-electron chi connectivity index (χ2n) is 3.88. The Morgan fingerprint density at radius 3 is 2.83 bits per heavy atom. The molecule has 0 aliphatic rings. The number of nitrogens with one attached hydrogen (secondary N) is 1. The van der Waals surface area contributed by atoms with Crippen LogP contribution in [0.4, 0.5) is 11.4 Å². The second-order valence-corrected chi connectivity index (χ2v) is 3.88. The summed E-state index contributed by atoms with van der Waals surface area (Å²) in [6.45, 7) is 1.83. The first-order valence-electron chi connectivity index (χ1n) is 5.31. The molecule has 1 aromatic carbocycles. The SMILES string of the molecule is CC(O)C(N)CNc1ccc([N+](=O)[O-])cc1C#N. The molecule has 18 heavy (non-hydrogen) atoms. The molecule has 2 unspecified atom stereocenters. The summed E-state index contributed by atoms with van der Waals surface area (Å²) in [7, 11) is 0. The number of aliphatic hydroxyl groups excluding tert-OH is 1. The Balaban J connectivity index is 2.84. The van der Waals surface area contributed by atoms with Crippen LogP contribution in [-0.2, 0) is 0 Å². The van der Waals surface area contributed by atoms with Gasteiger partial charge in [0.05, 0.1) is 22.3 Å². The van der Waals surface area contributed by atoms with Gasteiger partial charge in [-0.2, -0.15) is 5.26 Å². The summed E-state index contributed by atoms with van der Waals surface area (Å²) in [5.41, 5.74) is 6.11. The van der Waals surface area contributed by atoms with Gasteiger partial charge < -0.3 is 16.2 Å². The summed E-state index contributed by atoms with van der Waals surface area (Å²) >= 11 is 0. The summed E-state index contributed by atoms with van der Waals surface area (Å²) in [4.78, 5) is 10.00. The molecular formula is C11H14N4O3. The maximum absolute atomic E-state index is 10.6. The Labute approximate surface area is 104 Å². The molecule has 0 aliphatic carbocycles. The summed E-state index contributed by atoms with van der Waals surface area (Å²) < 4.78 is 0. The Bertz CT molecular complexity index is 482. The van der Waals surface area contributed by atoms with Crippen molar-refractivity contribution in [3.05, 3.63) is 33.9 Å². The van der Waals surface area contributed by atoms with Gasteiger partial charge in [-0.25, -0.2) is 0 Å². The highest BCUT2D eigenvalue weighted by molar-refractivity contribution is 5.61. The van der Waals surface area contributed by atoms with Crippen molar-refractivity contribution in [3.8, 4) is 6.07 Å². The molecule has 0 bridgehead atoms. The molecule has 2 atom stereocenters. The first kappa shape index (κ1) is 13.9. The van der Waals surface area contributed by atoms with Crippen molar-refractivity contribution in [2.24, 2.45) is 5.73 Å². The lowest BCUT2D eigenvalue weighted by molar-refractivity contribution is -0.384. The molecule has 1 aromatic rings. The number of nitro benzene ring substituents is 1. The van der Waals surface area contributed by atoms with Crippen molar-refractivity contribution in [2.45, 2.75) is 19.1 Å². The number of hydrogen-bond acceptors (Lipinski definition) is 6. The smallest absolute Gasteiger partial charge is 0.270 e. The lowest BCUT2D eigenvalue weighted by Crippen LogP contribution is -2.38. The molecule has 0 saturated carbocycles. The van der Waals surface area contributed by atoms with E-state index in [1.807, 2.05) is 6.07 Å². The highest BCUT2D eigenvalue weighted by atomic mass is 16.6. The average Bonchev–Trinajstić information content (AvgIpc) is 2.35. The van der Waals surface area contributed by atoms with E-state index in [0.717, 1.165) is 0 Å². The first-order chi connectivity index (χ1) is 8.45. The predicted molar refractivity (Wildman–Crippen MR) is 66.0 cm³/mol. The largest absolute Gasteiger partial charge is 0.392 e. The minimum atomic E-state index is -0.680. The first-order valence-corrected chi connectivity index (χ1v) is 5.31. The van der Waals surface area contributed by atoms with Gasteiger partial charge in [0.15, 0.2) is 0 Å². The van der Waals surface area contributed by atoms with Crippen LogP contribution in [0, 0.1) is 21.4 Å². The lowest BCUT2D eigenvalue weighted by Gasteiger charge is -2.16. The molecule has 0 radical (unpaired) electrons. The lowest BCUT2D eigenvalue weighted by atomic mass is 10.1. The Morgan fingerprint density at radius 1 is 1.67 bits per heavy atom. The van der Waals surface area contributed by atoms with Crippen LogP contribution in [-0.4, -0.2) is 28.7 Å². The van der Waals surface area contributed by atoms with Crippen molar-refractivity contribution in [3.63, 3.8) is 0 Å². The van der Waals surface area contributed by atoms with E-state index in [9.17, 15) is 15.2 Å². The van der Waals surface area contributed by atoms with Crippen LogP contribution >= 0.6 is 0 Å². The summed E-state index contributed by atoms with van der Waals surface area (Å²) in [6.07, 6.45) is -0.680. The Morgan fingerprint density at radius 2 is 2.33 bits per heavy atom. The molecule has 0 fully saturated rings. The van der Waals surface area contributed by atoms with Gasteiger partial charge in [0, 0.05) is 24.7 Å². The second kappa shape index (κ2) is 5.95. The number of hydrogen-bond donors (Lipinski definition) is 3. The van der Waals surface area contributed by atoms with E-state index >= 15 is 0 Å². The number of nitrogens with two attached hydrogens (primary N) is 1. The van der Waals surface area contributed by atoms with Crippen LogP contribution < -0.4 is 11.1 Å². The highest BCUT2D eigenvalue weighted by Gasteiger charge is 2.13. The number of anilines is 1. The average molecular weight is 250 g/mol. The van der Waals surface area contributed by atoms with Gasteiger partial charge in [0.1, 0.15) is 6.07 Å². The van der Waals surface area contributed by atoms with Crippen LogP contribution in [0.3, 0.4) is 0 Å². The zero-order valence-electron chi connectivity index (χ0n) is 9.83. The number of aliphatic hydroxyl groups is 1. The van der Waals surface area contributed by atoms with E-state index in [0.29, 0.717) is 5.69 Å². The molecule has 96 valence electrons. The van der Waals surface area contributed by atoms with Crippen LogP contribution in [0.25, 0.3) is 0 Å². The van der Waals surface area contributed by atoms with E-state index in [1.54, 1.807) is 6.92 Å². The molecule has 4 N–H and O–H groups in total. The van der Waals surface area contributed by atoms with E-state index in [4.69, 9.17) is 11.0 Å². The van der Waals surface area contributed by atoms with Crippen LogP contribution in [0.5, 0.6) is 0 Å². The third-order valence-corrected chi connectivity index (χ3v) is 2.48. The summed E-state index contributed by atoms with van der Waals surface area (Å²) in [6, 6.07) is 5.34. The van der Waals surface area contributed by atoms with Crippen LogP contribution in [0.1, 0.15) is 12.5 Å². The molecular weight excluding hydrogens is 236 g/mol. The standard InChI is InChI=1S/C11H14N4O3/c1-7(16)10(13)6-14-11-3-2-9(15(17)18)4-8(11)5-12/h2-4,7,10,14,16H,6,13H2,1H3. The number of rotatable bonds is 5. The molecule has 0 aromatic heterocycles. The van der Waals surface area contributed by atoms with E-state index < -0.39 is 17.1 Å². The van der Waals surface area contributed by atoms with Crippen molar-refractivity contribution < 1.29 is 10.0 Å². The van der Waals surface area contributed by atoms with Gasteiger partial charge in [-0.15, -0.1) is 0 Å². The molecule has 0 heterocycles. The molecule has 7 nitrogen and oxygen atoms in total. The topological polar surface area (TPSA) is 125 Å². The highest BCUT2D eigenvalue weighted by Crippen LogP contribution is 2.21. The van der Waals surface area contributed by atoms with Crippen molar-refractivity contribution in [1.29, 1.82) is 5.26 Å². The molecule has 0 amide bonds. The van der Waals surface area contributed by atoms with Crippen molar-refractivity contribution >= 4 is 11.4 Å². The third-order valence-electron chi connectivity index (χ3n) is 2.48. The Hall–Kier alpha value is -2.17. The maximum Gasteiger partial charge on any atom is 0.270 e. The minimum absolute atomic E-state index is 0.142. The number of non-ortho nitro benzene ring substituents is 1. The van der Waals surface area contributed by atoms with E-state index in [-0.39, 0.29) is 17.8 Å². The van der Waals surface area contributed by atoms with Crippen molar-refractivity contribution in [1.82, 2.24) is 0 Å². The molecule has 7 heteroatoms. The van der Waals surface area contributed by atoms with Gasteiger partial charge >= 0.3 is 0 Å². The van der Waals surface area contributed by atoms with E-state index in [1.165, 1.54) is 18.2 Å². The third kappa shape index (κ3) is 3.41. The van der Waals surface area contributed by atoms with Crippen molar-refractivity contribution in [2.75, 3.05) is 11.9 Å². The number of nitrogens with zero attached hydrogens (tertiary/aromatic N) is 2. The molecule has 0 aliphatic heterocycles. The fourth-order valence-corrected chi connectivity index (χ4v) is 1.29. The quantitative estimate of drug-likeness (QED) is 0.518. The Kier molecular flexibility index (Phi) is 4.59. The molecule has 1 rings (SSSR count). The number of nitriles is 1. The summed E-state index contributed by atoms with van der Waals surface area (Å²) in [5, 5.41) is 31.6. The number of nitro groups is 1. The zero-order valence-corrected chi connectivity index (χ0v) is 9.83. The van der Waals surface area contributed by atoms with Gasteiger partial charge in [-0.1, -0.05) is 0 Å². The van der Waals surface area contributed by atoms with Gasteiger partial charge in [0.2, 0.25) is 0 Å². The molecule has 0 saturated heterocycles. The normalized spacial score (nSPS) is 13.4. The molecule has 0 spiro atoms. The van der Waals surface area contributed by atoms with Crippen LogP contribution in [0.15, 0.2) is 18.2 Å². The van der Waals surface area contributed by atoms with Gasteiger partial charge in [-0.05, 0) is 13.0 Å². The fourth-order valence-electron chi connectivity index (χ4n) is 1.29. The van der Waals surface area contributed by atoms with Crippen LogP contribution in [0.2, 0.25) is 0 Å². The van der Waals surface area contributed by atoms with Gasteiger partial charge in [-0.3, -0.25) is 10.1 Å². The maximum atomic E-state index is 10.6. The number of benzene rings is 1. The zero-order chi connectivity index (χ0) is 13.7. The fraction of sp³-hybridized carbons (Fsp3) is 0.364. The minimum Gasteiger partial charge on any atom is -0.392 e. The monoisotopic (exact) mass is 250 g/mol. The summed E-state index contributed by atoms with van der Waals surface area (Å²) in [5.74, 6) is 0.